The Morgan fingerprint density at radius 1 is 0.547 bits per heavy atom. The predicted molar refractivity (Wildman–Crippen MR) is 213 cm³/mol. The van der Waals surface area contributed by atoms with Gasteiger partial charge in [0.05, 0.1) is 11.2 Å². The SMILES string of the molecule is CC(C)(C)c1ccnc2c(F)cc(F)cc12.CC(C)(C)c1ccnc2ccc(F)cc12.Cc1ccc(C(C)(C)C)cn1.Cc1noc(C)c1C(C)(C)C. The van der Waals surface area contributed by atoms with E-state index in [1.54, 1.807) is 30.6 Å². The molecular formula is C45H57F3N4O. The fourth-order valence-corrected chi connectivity index (χ4v) is 6.07. The second-order valence-electron chi connectivity index (χ2n) is 17.5. The quantitative estimate of drug-likeness (QED) is 0.156. The zero-order valence-electron chi connectivity index (χ0n) is 34.3. The third kappa shape index (κ3) is 11.7. The normalized spacial score (nSPS) is 12.0. The molecule has 4 aromatic heterocycles. The summed E-state index contributed by atoms with van der Waals surface area (Å²) in [5.74, 6) is -0.444. The number of aryl methyl sites for hydroxylation is 3. The Morgan fingerprint density at radius 3 is 1.58 bits per heavy atom. The van der Waals surface area contributed by atoms with Crippen LogP contribution >= 0.6 is 0 Å². The number of aromatic nitrogens is 4. The van der Waals surface area contributed by atoms with E-state index >= 15 is 0 Å². The Hall–Kier alpha value is -4.59. The van der Waals surface area contributed by atoms with Crippen LogP contribution in [0.1, 0.15) is 122 Å². The van der Waals surface area contributed by atoms with Crippen molar-refractivity contribution in [2.75, 3.05) is 0 Å². The Labute approximate surface area is 314 Å². The third-order valence-corrected chi connectivity index (χ3v) is 8.64. The van der Waals surface area contributed by atoms with E-state index in [9.17, 15) is 13.2 Å². The van der Waals surface area contributed by atoms with Crippen LogP contribution in [0.4, 0.5) is 13.2 Å². The summed E-state index contributed by atoms with van der Waals surface area (Å²) in [7, 11) is 0. The van der Waals surface area contributed by atoms with Gasteiger partial charge in [0.1, 0.15) is 22.9 Å². The first-order chi connectivity index (χ1) is 24.3. The molecular weight excluding hydrogens is 670 g/mol. The van der Waals surface area contributed by atoms with Crippen LogP contribution in [0.2, 0.25) is 0 Å². The lowest BCUT2D eigenvalue weighted by Gasteiger charge is -2.20. The smallest absolute Gasteiger partial charge is 0.152 e. The Kier molecular flexibility index (Phi) is 13.4. The van der Waals surface area contributed by atoms with Crippen LogP contribution in [-0.4, -0.2) is 20.1 Å². The molecule has 0 aliphatic heterocycles. The molecule has 2 aromatic carbocycles. The third-order valence-electron chi connectivity index (χ3n) is 8.64. The number of hydrogen-bond donors (Lipinski definition) is 0. The van der Waals surface area contributed by atoms with Gasteiger partial charge < -0.3 is 4.52 Å². The molecule has 6 aromatic rings. The first-order valence-electron chi connectivity index (χ1n) is 18.0. The van der Waals surface area contributed by atoms with Crippen molar-refractivity contribution in [3.63, 3.8) is 0 Å². The van der Waals surface area contributed by atoms with Crippen LogP contribution in [0.25, 0.3) is 21.8 Å². The van der Waals surface area contributed by atoms with Crippen LogP contribution in [0, 0.1) is 38.2 Å². The maximum atomic E-state index is 13.5. The van der Waals surface area contributed by atoms with Crippen molar-refractivity contribution in [1.29, 1.82) is 0 Å². The van der Waals surface area contributed by atoms with Crippen LogP contribution in [-0.2, 0) is 21.7 Å². The van der Waals surface area contributed by atoms with Crippen LogP contribution in [0.5, 0.6) is 0 Å². The topological polar surface area (TPSA) is 64.7 Å². The summed E-state index contributed by atoms with van der Waals surface area (Å²) in [6.07, 6.45) is 5.29. The lowest BCUT2D eigenvalue weighted by molar-refractivity contribution is 0.389. The van der Waals surface area contributed by atoms with Crippen molar-refractivity contribution >= 4 is 21.8 Å². The van der Waals surface area contributed by atoms with Gasteiger partial charge >= 0.3 is 0 Å². The van der Waals surface area contributed by atoms with E-state index in [1.165, 1.54) is 23.3 Å². The minimum absolute atomic E-state index is 0.00891. The zero-order valence-corrected chi connectivity index (χ0v) is 34.3. The van der Waals surface area contributed by atoms with Crippen molar-refractivity contribution < 1.29 is 17.7 Å². The molecule has 8 heteroatoms. The highest BCUT2D eigenvalue weighted by molar-refractivity contribution is 5.84. The van der Waals surface area contributed by atoms with E-state index in [2.05, 4.69) is 94.6 Å². The van der Waals surface area contributed by atoms with E-state index in [4.69, 9.17) is 4.52 Å². The predicted octanol–water partition coefficient (Wildman–Crippen LogP) is 12.8. The summed E-state index contributed by atoms with van der Waals surface area (Å²) in [5, 5.41) is 5.36. The summed E-state index contributed by atoms with van der Waals surface area (Å²) in [4.78, 5) is 12.4. The molecule has 0 bridgehead atoms. The minimum atomic E-state index is -0.610. The first-order valence-corrected chi connectivity index (χ1v) is 18.0. The van der Waals surface area contributed by atoms with Crippen molar-refractivity contribution in [2.24, 2.45) is 0 Å². The molecule has 4 heterocycles. The molecule has 6 rings (SSSR count). The number of hydrogen-bond acceptors (Lipinski definition) is 5. The van der Waals surface area contributed by atoms with E-state index in [0.29, 0.717) is 5.39 Å². The average Bonchev–Trinajstić information content (AvgIpc) is 3.38. The molecule has 0 atom stereocenters. The fraction of sp³-hybridized carbons (Fsp3) is 0.422. The first kappa shape index (κ1) is 42.8. The summed E-state index contributed by atoms with van der Waals surface area (Å²) < 4.78 is 45.0. The van der Waals surface area contributed by atoms with Gasteiger partial charge in [-0.2, -0.15) is 0 Å². The monoisotopic (exact) mass is 726 g/mol. The number of nitrogens with zero attached hydrogens (tertiary/aromatic N) is 4. The van der Waals surface area contributed by atoms with Gasteiger partial charge in [0.2, 0.25) is 0 Å². The maximum absolute atomic E-state index is 13.5. The molecule has 0 unspecified atom stereocenters. The highest BCUT2D eigenvalue weighted by atomic mass is 19.1. The number of halogens is 3. The second-order valence-corrected chi connectivity index (χ2v) is 17.5. The summed E-state index contributed by atoms with van der Waals surface area (Å²) >= 11 is 0. The van der Waals surface area contributed by atoms with Crippen LogP contribution in [0.3, 0.4) is 0 Å². The van der Waals surface area contributed by atoms with Gasteiger partial charge in [-0.25, -0.2) is 13.2 Å². The molecule has 0 N–H and O–H groups in total. The van der Waals surface area contributed by atoms with E-state index in [-0.39, 0.29) is 33.0 Å². The molecule has 0 saturated heterocycles. The van der Waals surface area contributed by atoms with Gasteiger partial charge in [-0.05, 0) is 102 Å². The molecule has 0 spiro atoms. The van der Waals surface area contributed by atoms with Gasteiger partial charge in [0.25, 0.3) is 0 Å². The highest BCUT2D eigenvalue weighted by Crippen LogP contribution is 2.31. The van der Waals surface area contributed by atoms with Gasteiger partial charge in [0.15, 0.2) is 5.82 Å². The average molecular weight is 727 g/mol. The Morgan fingerprint density at radius 2 is 1.11 bits per heavy atom. The molecule has 0 radical (unpaired) electrons. The van der Waals surface area contributed by atoms with E-state index < -0.39 is 11.6 Å². The van der Waals surface area contributed by atoms with Gasteiger partial charge in [-0.1, -0.05) is 94.3 Å². The van der Waals surface area contributed by atoms with Crippen molar-refractivity contribution in [2.45, 2.75) is 126 Å². The highest BCUT2D eigenvalue weighted by Gasteiger charge is 2.23. The minimum Gasteiger partial charge on any atom is -0.361 e. The van der Waals surface area contributed by atoms with E-state index in [0.717, 1.165) is 45.2 Å². The van der Waals surface area contributed by atoms with E-state index in [1.807, 2.05) is 53.8 Å². The standard InChI is InChI=1S/C13H13F2N.C13H14FN.C10H15N.C9H15NO/c1-13(2,3)10-4-5-16-12-9(10)6-8(14)7-11(12)15;1-13(2,3)11-6-7-15-12-5-4-9(14)8-10(11)12;1-8-5-6-9(7-11-8)10(2,3)4;1-6-8(9(3,4)5)7(2)11-10-6/h4-7H,1-3H3;4-8H,1-3H3;5-7H,1-4H3;1-5H3. The summed E-state index contributed by atoms with van der Waals surface area (Å²) in [6.45, 7) is 31.4. The van der Waals surface area contributed by atoms with Crippen LogP contribution in [0.15, 0.2) is 77.7 Å². The number of pyridine rings is 3. The number of benzene rings is 2. The summed E-state index contributed by atoms with van der Waals surface area (Å²) in [5.41, 5.74) is 7.94. The molecule has 0 aliphatic rings. The molecule has 53 heavy (non-hydrogen) atoms. The van der Waals surface area contributed by atoms with Crippen molar-refractivity contribution in [1.82, 2.24) is 20.1 Å². The molecule has 284 valence electrons. The molecule has 0 saturated carbocycles. The second kappa shape index (κ2) is 16.6. The fourth-order valence-electron chi connectivity index (χ4n) is 6.07. The van der Waals surface area contributed by atoms with Gasteiger partial charge in [0, 0.05) is 46.7 Å². The summed E-state index contributed by atoms with van der Waals surface area (Å²) in [6, 6.07) is 14.9. The lowest BCUT2D eigenvalue weighted by Crippen LogP contribution is -2.12. The van der Waals surface area contributed by atoms with Crippen LogP contribution < -0.4 is 0 Å². The van der Waals surface area contributed by atoms with Crippen molar-refractivity contribution in [3.8, 4) is 0 Å². The number of rotatable bonds is 0. The molecule has 0 aliphatic carbocycles. The van der Waals surface area contributed by atoms with Gasteiger partial charge in [-0.15, -0.1) is 0 Å². The van der Waals surface area contributed by atoms with Crippen molar-refractivity contribution in [3.05, 3.63) is 130 Å². The van der Waals surface area contributed by atoms with Gasteiger partial charge in [-0.3, -0.25) is 15.0 Å². The zero-order chi connectivity index (χ0) is 40.1. The maximum Gasteiger partial charge on any atom is 0.152 e. The lowest BCUT2D eigenvalue weighted by atomic mass is 9.85. The number of fused-ring (bicyclic) bond motifs is 2. The Bertz CT molecular complexity index is 2110. The Balaban J connectivity index is 0.000000193. The molecule has 0 fully saturated rings. The molecule has 0 amide bonds. The largest absolute Gasteiger partial charge is 0.361 e. The molecule has 5 nitrogen and oxygen atoms in total.